The monoisotopic (exact) mass is 355 g/mol. The number of nitrogens with one attached hydrogen (secondary N) is 3. The van der Waals surface area contributed by atoms with Crippen LogP contribution in [0, 0.1) is 6.92 Å². The Morgan fingerprint density at radius 3 is 2.62 bits per heavy atom. The highest BCUT2D eigenvalue weighted by molar-refractivity contribution is 5.82. The van der Waals surface area contributed by atoms with Crippen molar-refractivity contribution >= 4 is 5.91 Å². The Labute approximate surface area is 153 Å². The molecule has 3 rings (SSSR count). The number of phenolic OH excluding ortho intramolecular Hbond substituents is 1. The first-order valence-corrected chi connectivity index (χ1v) is 8.85. The Kier molecular flexibility index (Phi) is 5.88. The van der Waals surface area contributed by atoms with Crippen LogP contribution in [0.15, 0.2) is 48.5 Å². The highest BCUT2D eigenvalue weighted by atomic mass is 16.3. The summed E-state index contributed by atoms with van der Waals surface area (Å²) in [5, 5.41) is 22.3. The molecular weight excluding hydrogens is 330 g/mol. The second kappa shape index (κ2) is 8.31. The average molecular weight is 355 g/mol. The van der Waals surface area contributed by atoms with E-state index in [0.717, 1.165) is 16.7 Å². The van der Waals surface area contributed by atoms with Gasteiger partial charge in [-0.05, 0) is 31.4 Å². The van der Waals surface area contributed by atoms with E-state index < -0.39 is 6.04 Å². The van der Waals surface area contributed by atoms with Crippen LogP contribution >= 0.6 is 0 Å². The van der Waals surface area contributed by atoms with Crippen molar-refractivity contribution in [3.8, 4) is 5.75 Å². The molecule has 1 heterocycles. The van der Waals surface area contributed by atoms with E-state index in [4.69, 9.17) is 0 Å². The second-order valence-electron chi connectivity index (χ2n) is 6.67. The van der Waals surface area contributed by atoms with Crippen LogP contribution in [0.4, 0.5) is 0 Å². The summed E-state index contributed by atoms with van der Waals surface area (Å²) in [6, 6.07) is 14.3. The zero-order valence-electron chi connectivity index (χ0n) is 14.8. The lowest BCUT2D eigenvalue weighted by atomic mass is 9.99. The van der Waals surface area contributed by atoms with Crippen LogP contribution in [0.1, 0.15) is 41.6 Å². The number of rotatable bonds is 6. The zero-order chi connectivity index (χ0) is 18.5. The minimum Gasteiger partial charge on any atom is -0.508 e. The number of hydrogen-bond donors (Lipinski definition) is 5. The van der Waals surface area contributed by atoms with Gasteiger partial charge in [0.1, 0.15) is 11.8 Å². The van der Waals surface area contributed by atoms with E-state index in [9.17, 15) is 15.0 Å². The van der Waals surface area contributed by atoms with Crippen molar-refractivity contribution in [3.63, 3.8) is 0 Å². The second-order valence-corrected chi connectivity index (χ2v) is 6.67. The normalized spacial score (nSPS) is 20.7. The molecule has 6 heteroatoms. The SMILES string of the molecule is Cc1ccc(C(CCO)NC(=O)C2CC(c3ccccc3O)NN2)cc1. The number of amides is 1. The van der Waals surface area contributed by atoms with Crippen LogP contribution in [0.5, 0.6) is 5.75 Å². The number of hydrogen-bond acceptors (Lipinski definition) is 5. The highest BCUT2D eigenvalue weighted by Gasteiger charge is 2.32. The van der Waals surface area contributed by atoms with Crippen molar-refractivity contribution in [2.75, 3.05) is 6.61 Å². The molecule has 6 nitrogen and oxygen atoms in total. The third-order valence-corrected chi connectivity index (χ3v) is 4.75. The summed E-state index contributed by atoms with van der Waals surface area (Å²) in [5.41, 5.74) is 8.97. The largest absolute Gasteiger partial charge is 0.508 e. The molecule has 0 saturated carbocycles. The summed E-state index contributed by atoms with van der Waals surface area (Å²) in [5.74, 6) is 0.0834. The van der Waals surface area contributed by atoms with Gasteiger partial charge in [0.15, 0.2) is 0 Å². The van der Waals surface area contributed by atoms with Gasteiger partial charge < -0.3 is 15.5 Å². The van der Waals surface area contributed by atoms with Crippen LogP contribution in [-0.4, -0.2) is 28.8 Å². The fourth-order valence-electron chi connectivity index (χ4n) is 3.24. The maximum absolute atomic E-state index is 12.7. The van der Waals surface area contributed by atoms with E-state index in [0.29, 0.717) is 12.8 Å². The van der Waals surface area contributed by atoms with Crippen LogP contribution < -0.4 is 16.2 Å². The van der Waals surface area contributed by atoms with Crippen molar-refractivity contribution in [3.05, 3.63) is 65.2 Å². The lowest BCUT2D eigenvalue weighted by Crippen LogP contribution is -2.44. The molecule has 3 unspecified atom stereocenters. The molecule has 0 aromatic heterocycles. The fourth-order valence-corrected chi connectivity index (χ4v) is 3.24. The van der Waals surface area contributed by atoms with E-state index in [-0.39, 0.29) is 30.3 Å². The Balaban J connectivity index is 1.65. The number of aryl methyl sites for hydroxylation is 1. The maximum Gasteiger partial charge on any atom is 0.239 e. The predicted molar refractivity (Wildman–Crippen MR) is 99.3 cm³/mol. The smallest absolute Gasteiger partial charge is 0.239 e. The van der Waals surface area contributed by atoms with Crippen molar-refractivity contribution in [1.82, 2.24) is 16.2 Å². The highest BCUT2D eigenvalue weighted by Crippen LogP contribution is 2.29. The first-order valence-electron chi connectivity index (χ1n) is 8.85. The number of aliphatic hydroxyl groups excluding tert-OH is 1. The molecule has 0 radical (unpaired) electrons. The molecule has 1 aliphatic heterocycles. The van der Waals surface area contributed by atoms with Gasteiger partial charge in [-0.1, -0.05) is 48.0 Å². The molecule has 138 valence electrons. The van der Waals surface area contributed by atoms with Gasteiger partial charge in [-0.15, -0.1) is 0 Å². The van der Waals surface area contributed by atoms with E-state index in [1.54, 1.807) is 12.1 Å². The third kappa shape index (κ3) is 4.22. The van der Waals surface area contributed by atoms with Gasteiger partial charge in [0.25, 0.3) is 0 Å². The Morgan fingerprint density at radius 2 is 1.92 bits per heavy atom. The number of phenols is 1. The molecule has 2 aromatic carbocycles. The lowest BCUT2D eigenvalue weighted by molar-refractivity contribution is -0.123. The Bertz CT molecular complexity index is 748. The summed E-state index contributed by atoms with van der Waals surface area (Å²) in [7, 11) is 0. The molecular formula is C20H25N3O3. The van der Waals surface area contributed by atoms with Gasteiger partial charge in [-0.3, -0.25) is 4.79 Å². The molecule has 26 heavy (non-hydrogen) atoms. The Hall–Kier alpha value is -2.41. The van der Waals surface area contributed by atoms with Crippen LogP contribution in [0.3, 0.4) is 0 Å². The maximum atomic E-state index is 12.7. The minimum absolute atomic E-state index is 0.00428. The van der Waals surface area contributed by atoms with E-state index in [1.807, 2.05) is 43.3 Å². The number of benzene rings is 2. The molecule has 2 aromatic rings. The fraction of sp³-hybridized carbons (Fsp3) is 0.350. The van der Waals surface area contributed by atoms with Crippen molar-refractivity contribution in [2.24, 2.45) is 0 Å². The number of carbonyl (C=O) groups is 1. The molecule has 3 atom stereocenters. The summed E-state index contributed by atoms with van der Waals surface area (Å²) < 4.78 is 0. The van der Waals surface area contributed by atoms with Gasteiger partial charge in [-0.25, -0.2) is 10.9 Å². The molecule has 0 spiro atoms. The van der Waals surface area contributed by atoms with Gasteiger partial charge >= 0.3 is 0 Å². The Morgan fingerprint density at radius 1 is 1.19 bits per heavy atom. The van der Waals surface area contributed by atoms with Crippen molar-refractivity contribution < 1.29 is 15.0 Å². The van der Waals surface area contributed by atoms with E-state index >= 15 is 0 Å². The summed E-state index contributed by atoms with van der Waals surface area (Å²) >= 11 is 0. The number of hydrazine groups is 1. The van der Waals surface area contributed by atoms with Gasteiger partial charge in [0, 0.05) is 12.2 Å². The van der Waals surface area contributed by atoms with Gasteiger partial charge in [0.2, 0.25) is 5.91 Å². The van der Waals surface area contributed by atoms with E-state index in [1.165, 1.54) is 0 Å². The number of aromatic hydroxyl groups is 1. The average Bonchev–Trinajstić information content (AvgIpc) is 3.12. The lowest BCUT2D eigenvalue weighted by Gasteiger charge is -2.20. The molecule has 5 N–H and O–H groups in total. The molecule has 1 saturated heterocycles. The third-order valence-electron chi connectivity index (χ3n) is 4.75. The van der Waals surface area contributed by atoms with Crippen molar-refractivity contribution in [2.45, 2.75) is 37.9 Å². The molecule has 1 fully saturated rings. The molecule has 0 bridgehead atoms. The number of para-hydroxylation sites is 1. The van der Waals surface area contributed by atoms with Gasteiger partial charge in [-0.2, -0.15) is 0 Å². The summed E-state index contributed by atoms with van der Waals surface area (Å²) in [6.45, 7) is 2.01. The molecule has 0 aliphatic carbocycles. The number of aliphatic hydroxyl groups is 1. The molecule has 1 aliphatic rings. The van der Waals surface area contributed by atoms with Crippen molar-refractivity contribution in [1.29, 1.82) is 0 Å². The first-order chi connectivity index (χ1) is 12.6. The minimum atomic E-state index is -0.411. The molecule has 1 amide bonds. The van der Waals surface area contributed by atoms with Crippen LogP contribution in [0.2, 0.25) is 0 Å². The summed E-state index contributed by atoms with van der Waals surface area (Å²) in [6.07, 6.45) is 0.987. The van der Waals surface area contributed by atoms with Gasteiger partial charge in [0.05, 0.1) is 12.1 Å². The van der Waals surface area contributed by atoms with Crippen LogP contribution in [0.25, 0.3) is 0 Å². The summed E-state index contributed by atoms with van der Waals surface area (Å²) in [4.78, 5) is 12.7. The van der Waals surface area contributed by atoms with E-state index in [2.05, 4.69) is 16.2 Å². The topological polar surface area (TPSA) is 93.6 Å². The quantitative estimate of drug-likeness (QED) is 0.545. The number of carbonyl (C=O) groups excluding carboxylic acids is 1. The predicted octanol–water partition coefficient (Wildman–Crippen LogP) is 1.85. The standard InChI is InChI=1S/C20H25N3O3/c1-13-6-8-14(9-7-13)16(10-11-24)21-20(26)18-12-17(22-23-18)15-4-2-3-5-19(15)25/h2-9,16-18,22-25H,10-12H2,1H3,(H,21,26). The van der Waals surface area contributed by atoms with Crippen LogP contribution in [-0.2, 0) is 4.79 Å². The first kappa shape index (κ1) is 18.4. The zero-order valence-corrected chi connectivity index (χ0v) is 14.8.